The lowest BCUT2D eigenvalue weighted by Gasteiger charge is -2.30. The lowest BCUT2D eigenvalue weighted by molar-refractivity contribution is -0.274. The number of hydrogen-bond donors (Lipinski definition) is 1. The highest BCUT2D eigenvalue weighted by molar-refractivity contribution is 6.30. The van der Waals surface area contributed by atoms with E-state index in [2.05, 4.69) is 16.1 Å². The van der Waals surface area contributed by atoms with Gasteiger partial charge in [0.15, 0.2) is 5.60 Å². The van der Waals surface area contributed by atoms with E-state index in [0.29, 0.717) is 17.0 Å². The van der Waals surface area contributed by atoms with Gasteiger partial charge in [0, 0.05) is 17.0 Å². The number of nitrogens with one attached hydrogen (secondary N) is 1. The molecule has 2 atom stereocenters. The van der Waals surface area contributed by atoms with E-state index >= 15 is 0 Å². The minimum absolute atomic E-state index is 0.0487. The first-order chi connectivity index (χ1) is 18.3. The Balaban J connectivity index is 1.74. The van der Waals surface area contributed by atoms with Crippen LogP contribution in [0.25, 0.3) is 0 Å². The molecular formula is C29H26ClF3N2O4. The second-order valence-corrected chi connectivity index (χ2v) is 9.84. The molecule has 10 heteroatoms. The van der Waals surface area contributed by atoms with Crippen LogP contribution in [0.1, 0.15) is 53.7 Å². The highest BCUT2D eigenvalue weighted by atomic mass is 35.5. The van der Waals surface area contributed by atoms with E-state index in [-0.39, 0.29) is 11.5 Å². The molecule has 0 heterocycles. The molecular weight excluding hydrogens is 533 g/mol. The maximum atomic E-state index is 13.2. The molecule has 3 rings (SSSR count). The first-order valence-corrected chi connectivity index (χ1v) is 12.3. The molecule has 0 aliphatic heterocycles. The lowest BCUT2D eigenvalue weighted by atomic mass is 9.85. The molecule has 1 amide bonds. The number of ether oxygens (including phenoxy) is 2. The van der Waals surface area contributed by atoms with Crippen LogP contribution >= 0.6 is 11.6 Å². The summed E-state index contributed by atoms with van der Waals surface area (Å²) in [6.07, 6.45) is -4.33. The largest absolute Gasteiger partial charge is 0.573 e. The van der Waals surface area contributed by atoms with Crippen LogP contribution in [-0.4, -0.2) is 29.9 Å². The Morgan fingerprint density at radius 1 is 1.03 bits per heavy atom. The molecule has 0 saturated carbocycles. The number of rotatable bonds is 9. The number of hydrogen-bond acceptors (Lipinski definition) is 5. The van der Waals surface area contributed by atoms with Crippen LogP contribution in [0, 0.1) is 11.3 Å². The van der Waals surface area contributed by atoms with E-state index in [9.17, 15) is 28.0 Å². The van der Waals surface area contributed by atoms with Gasteiger partial charge in [-0.15, -0.1) is 13.2 Å². The SMILES string of the molecule is C[C@H](NC(=O)C(C)(C)OC(=O)c1ccc(OC(F)(F)F)cc1)[C@@H](Cc1ccc(Cl)cc1)c1cccc(C#N)c1. The monoisotopic (exact) mass is 558 g/mol. The van der Waals surface area contributed by atoms with Crippen LogP contribution in [0.2, 0.25) is 5.02 Å². The average molecular weight is 559 g/mol. The predicted octanol–water partition coefficient (Wildman–Crippen LogP) is 6.58. The number of carbonyl (C=O) groups is 2. The van der Waals surface area contributed by atoms with Gasteiger partial charge in [-0.3, -0.25) is 4.79 Å². The smallest absolute Gasteiger partial charge is 0.446 e. The molecule has 0 unspecified atom stereocenters. The first kappa shape index (κ1) is 29.5. The molecule has 3 aromatic carbocycles. The zero-order valence-electron chi connectivity index (χ0n) is 21.4. The summed E-state index contributed by atoms with van der Waals surface area (Å²) < 4.78 is 46.3. The van der Waals surface area contributed by atoms with Crippen molar-refractivity contribution in [3.63, 3.8) is 0 Å². The standard InChI is InChI=1S/C29H26ClF3N2O4/c1-18(25(16-19-7-11-23(30)12-8-19)22-6-4-5-20(15-22)17-34)35-27(37)28(2,3)39-26(36)21-9-13-24(14-10-21)38-29(31,32)33/h4-15,18,25H,16H2,1-3H3,(H,35,37)/t18-,25+/m0/s1. The summed E-state index contributed by atoms with van der Waals surface area (Å²) >= 11 is 6.02. The molecule has 204 valence electrons. The molecule has 0 aliphatic rings. The van der Waals surface area contributed by atoms with Gasteiger partial charge in [-0.25, -0.2) is 4.79 Å². The predicted molar refractivity (Wildman–Crippen MR) is 139 cm³/mol. The van der Waals surface area contributed by atoms with Crippen LogP contribution in [-0.2, 0) is 16.0 Å². The molecule has 0 bridgehead atoms. The summed E-state index contributed by atoms with van der Waals surface area (Å²) in [4.78, 5) is 25.8. The zero-order chi connectivity index (χ0) is 28.8. The highest BCUT2D eigenvalue weighted by Gasteiger charge is 2.35. The van der Waals surface area contributed by atoms with E-state index in [1.165, 1.54) is 13.8 Å². The quantitative estimate of drug-likeness (QED) is 0.300. The van der Waals surface area contributed by atoms with Crippen LogP contribution in [0.15, 0.2) is 72.8 Å². The Morgan fingerprint density at radius 2 is 1.67 bits per heavy atom. The summed E-state index contributed by atoms with van der Waals surface area (Å²) in [5, 5.41) is 12.9. The summed E-state index contributed by atoms with van der Waals surface area (Å²) in [5.74, 6) is -2.19. The van der Waals surface area contributed by atoms with Crippen molar-refractivity contribution in [2.75, 3.05) is 0 Å². The number of nitrogens with zero attached hydrogens (tertiary/aromatic N) is 1. The topological polar surface area (TPSA) is 88.4 Å². The molecule has 0 fully saturated rings. The fraction of sp³-hybridized carbons (Fsp3) is 0.276. The van der Waals surface area contributed by atoms with Gasteiger partial charge in [-0.05, 0) is 86.8 Å². The van der Waals surface area contributed by atoms with E-state index < -0.39 is 35.6 Å². The minimum atomic E-state index is -4.86. The third-order valence-corrected chi connectivity index (χ3v) is 6.25. The minimum Gasteiger partial charge on any atom is -0.446 e. The Morgan fingerprint density at radius 3 is 2.26 bits per heavy atom. The van der Waals surface area contributed by atoms with Gasteiger partial charge >= 0.3 is 12.3 Å². The van der Waals surface area contributed by atoms with Crippen molar-refractivity contribution in [3.8, 4) is 11.8 Å². The number of halogens is 4. The molecule has 0 aliphatic carbocycles. The van der Waals surface area contributed by atoms with E-state index in [1.807, 2.05) is 25.1 Å². The van der Waals surface area contributed by atoms with Crippen molar-refractivity contribution in [1.82, 2.24) is 5.32 Å². The Hall–Kier alpha value is -4.03. The average Bonchev–Trinajstić information content (AvgIpc) is 2.87. The van der Waals surface area contributed by atoms with Crippen molar-refractivity contribution < 1.29 is 32.2 Å². The van der Waals surface area contributed by atoms with Crippen LogP contribution in [0.5, 0.6) is 5.75 Å². The number of amides is 1. The lowest BCUT2D eigenvalue weighted by Crippen LogP contribution is -2.50. The maximum Gasteiger partial charge on any atom is 0.573 e. The first-order valence-electron chi connectivity index (χ1n) is 11.9. The molecule has 6 nitrogen and oxygen atoms in total. The Kier molecular flexibility index (Phi) is 9.25. The van der Waals surface area contributed by atoms with Gasteiger partial charge in [0.2, 0.25) is 0 Å². The molecule has 0 saturated heterocycles. The van der Waals surface area contributed by atoms with Crippen LogP contribution < -0.4 is 10.1 Å². The van der Waals surface area contributed by atoms with Crippen molar-refractivity contribution in [1.29, 1.82) is 5.26 Å². The maximum absolute atomic E-state index is 13.2. The van der Waals surface area contributed by atoms with E-state index in [1.54, 1.807) is 30.3 Å². The molecule has 0 radical (unpaired) electrons. The fourth-order valence-electron chi connectivity index (χ4n) is 3.91. The zero-order valence-corrected chi connectivity index (χ0v) is 22.1. The number of esters is 1. The van der Waals surface area contributed by atoms with Crippen molar-refractivity contribution in [3.05, 3.63) is 100 Å². The third-order valence-electron chi connectivity index (χ3n) is 5.99. The molecule has 0 aromatic heterocycles. The van der Waals surface area contributed by atoms with Gasteiger partial charge in [0.25, 0.3) is 5.91 Å². The molecule has 1 N–H and O–H groups in total. The third kappa shape index (κ3) is 8.48. The Bertz CT molecular complexity index is 1350. The van der Waals surface area contributed by atoms with Gasteiger partial charge in [-0.2, -0.15) is 5.26 Å². The summed E-state index contributed by atoms with van der Waals surface area (Å²) in [6.45, 7) is 4.64. The number of carbonyl (C=O) groups excluding carboxylic acids is 2. The second kappa shape index (κ2) is 12.2. The van der Waals surface area contributed by atoms with Crippen molar-refractivity contribution in [2.45, 2.75) is 51.1 Å². The molecule has 3 aromatic rings. The molecule has 0 spiro atoms. The van der Waals surface area contributed by atoms with Crippen LogP contribution in [0.3, 0.4) is 0 Å². The van der Waals surface area contributed by atoms with Gasteiger partial charge in [0.05, 0.1) is 17.2 Å². The number of nitriles is 1. The highest BCUT2D eigenvalue weighted by Crippen LogP contribution is 2.28. The van der Waals surface area contributed by atoms with Gasteiger partial charge < -0.3 is 14.8 Å². The van der Waals surface area contributed by atoms with Crippen LogP contribution in [0.4, 0.5) is 13.2 Å². The van der Waals surface area contributed by atoms with Gasteiger partial charge in [-0.1, -0.05) is 35.9 Å². The normalized spacial score (nSPS) is 13.1. The summed E-state index contributed by atoms with van der Waals surface area (Å²) in [6, 6.07) is 20.3. The van der Waals surface area contributed by atoms with Crippen molar-refractivity contribution >= 4 is 23.5 Å². The second-order valence-electron chi connectivity index (χ2n) is 9.41. The fourth-order valence-corrected chi connectivity index (χ4v) is 4.03. The van der Waals surface area contributed by atoms with Gasteiger partial charge in [0.1, 0.15) is 5.75 Å². The van der Waals surface area contributed by atoms with Crippen molar-refractivity contribution in [2.24, 2.45) is 0 Å². The number of alkyl halides is 3. The van der Waals surface area contributed by atoms with E-state index in [0.717, 1.165) is 35.4 Å². The summed E-state index contributed by atoms with van der Waals surface area (Å²) in [5.41, 5.74) is 0.635. The van der Waals surface area contributed by atoms with E-state index in [4.69, 9.17) is 16.3 Å². The summed E-state index contributed by atoms with van der Waals surface area (Å²) in [7, 11) is 0. The number of benzene rings is 3. The Labute approximate surface area is 229 Å². The molecule has 39 heavy (non-hydrogen) atoms.